The minimum absolute atomic E-state index is 0.0443. The molecule has 7 heteroatoms. The molecule has 1 aliphatic rings. The van der Waals surface area contributed by atoms with E-state index in [0.717, 1.165) is 6.42 Å². The van der Waals surface area contributed by atoms with E-state index in [9.17, 15) is 9.59 Å². The number of nitrogens with one attached hydrogen (secondary N) is 1. The Labute approximate surface area is 164 Å². The Morgan fingerprint density at radius 3 is 2.61 bits per heavy atom. The van der Waals surface area contributed by atoms with Crippen molar-refractivity contribution in [1.82, 2.24) is 14.9 Å². The van der Waals surface area contributed by atoms with Crippen LogP contribution in [0.3, 0.4) is 0 Å². The first kappa shape index (κ1) is 19.1. The number of amides is 2. The molecule has 0 radical (unpaired) electrons. The first-order valence-corrected chi connectivity index (χ1v) is 8.86. The van der Waals surface area contributed by atoms with E-state index in [0.29, 0.717) is 35.9 Å². The van der Waals surface area contributed by atoms with Crippen molar-refractivity contribution in [2.75, 3.05) is 30.4 Å². The number of likely N-dealkylation sites (N-methyl/N-ethyl adjacent to an activating group) is 1. The molecule has 1 aromatic heterocycles. The maximum absolute atomic E-state index is 12.7. The lowest BCUT2D eigenvalue weighted by Crippen LogP contribution is -2.32. The predicted octanol–water partition coefficient (Wildman–Crippen LogP) is 1.93. The van der Waals surface area contributed by atoms with Gasteiger partial charge in [-0.3, -0.25) is 9.59 Å². The summed E-state index contributed by atoms with van der Waals surface area (Å²) >= 11 is 0. The molecule has 1 aliphatic heterocycles. The third kappa shape index (κ3) is 4.18. The topological polar surface area (TPSA) is 78.4 Å². The molecule has 0 spiro atoms. The average Bonchev–Trinajstić information content (AvgIpc) is 3.21. The van der Waals surface area contributed by atoms with Gasteiger partial charge in [-0.25, -0.2) is 9.97 Å². The molecule has 1 N–H and O–H groups in total. The van der Waals surface area contributed by atoms with Crippen molar-refractivity contribution >= 4 is 23.5 Å². The standard InChI is InChI=1S/C21H21N5O2/c1-4-15-12-22-21(23-13-15)24-17-10-11-26(14-17)20(28)16-6-8-18(9-7-16)25(3)19(27)5-2/h1,5-9,12-13,17H,2,10-11,14H2,3H3,(H,22,23,24)/t17-/m1/s1. The van der Waals surface area contributed by atoms with Gasteiger partial charge in [-0.1, -0.05) is 12.5 Å². The smallest absolute Gasteiger partial charge is 0.253 e. The lowest BCUT2D eigenvalue weighted by Gasteiger charge is -2.19. The number of anilines is 2. The Morgan fingerprint density at radius 2 is 2.00 bits per heavy atom. The first-order valence-electron chi connectivity index (χ1n) is 8.86. The quantitative estimate of drug-likeness (QED) is 0.638. The third-order valence-corrected chi connectivity index (χ3v) is 4.63. The van der Waals surface area contributed by atoms with Gasteiger partial charge in [0, 0.05) is 49.8 Å². The van der Waals surface area contributed by atoms with E-state index in [-0.39, 0.29) is 17.9 Å². The van der Waals surface area contributed by atoms with E-state index in [1.165, 1.54) is 11.0 Å². The number of terminal acetylenes is 1. The number of benzene rings is 1. The zero-order valence-corrected chi connectivity index (χ0v) is 15.6. The Bertz CT molecular complexity index is 915. The highest BCUT2D eigenvalue weighted by Crippen LogP contribution is 2.19. The van der Waals surface area contributed by atoms with Gasteiger partial charge in [-0.15, -0.1) is 6.42 Å². The zero-order chi connectivity index (χ0) is 20.1. The van der Waals surface area contributed by atoms with Crippen LogP contribution in [0, 0.1) is 12.3 Å². The van der Waals surface area contributed by atoms with Crippen LogP contribution in [0.15, 0.2) is 49.3 Å². The lowest BCUT2D eigenvalue weighted by molar-refractivity contribution is -0.113. The number of hydrogen-bond acceptors (Lipinski definition) is 5. The minimum Gasteiger partial charge on any atom is -0.350 e. The summed E-state index contributed by atoms with van der Waals surface area (Å²) < 4.78 is 0. The van der Waals surface area contributed by atoms with Crippen LogP contribution in [0.25, 0.3) is 0 Å². The molecule has 0 aliphatic carbocycles. The van der Waals surface area contributed by atoms with E-state index >= 15 is 0 Å². The second kappa shape index (κ2) is 8.35. The van der Waals surface area contributed by atoms with Crippen molar-refractivity contribution < 1.29 is 9.59 Å². The molecule has 2 heterocycles. The number of likely N-dealkylation sites (tertiary alicyclic amines) is 1. The number of rotatable bonds is 5. The monoisotopic (exact) mass is 375 g/mol. The highest BCUT2D eigenvalue weighted by molar-refractivity contribution is 6.01. The van der Waals surface area contributed by atoms with Crippen molar-refractivity contribution in [1.29, 1.82) is 0 Å². The Hall–Kier alpha value is -3.66. The molecule has 28 heavy (non-hydrogen) atoms. The summed E-state index contributed by atoms with van der Waals surface area (Å²) in [5.41, 5.74) is 1.91. The summed E-state index contributed by atoms with van der Waals surface area (Å²) in [5.74, 6) is 2.73. The van der Waals surface area contributed by atoms with E-state index in [1.807, 2.05) is 0 Å². The highest BCUT2D eigenvalue weighted by Gasteiger charge is 2.27. The van der Waals surface area contributed by atoms with E-state index in [1.54, 1.807) is 48.6 Å². The van der Waals surface area contributed by atoms with Crippen molar-refractivity contribution in [2.45, 2.75) is 12.5 Å². The predicted molar refractivity (Wildman–Crippen MR) is 108 cm³/mol. The van der Waals surface area contributed by atoms with Crippen LogP contribution < -0.4 is 10.2 Å². The molecule has 142 valence electrons. The van der Waals surface area contributed by atoms with Crippen LogP contribution in [0.2, 0.25) is 0 Å². The highest BCUT2D eigenvalue weighted by atomic mass is 16.2. The van der Waals surface area contributed by atoms with Gasteiger partial charge in [0.25, 0.3) is 5.91 Å². The molecule has 0 saturated carbocycles. The second-order valence-corrected chi connectivity index (χ2v) is 6.47. The lowest BCUT2D eigenvalue weighted by atomic mass is 10.1. The third-order valence-electron chi connectivity index (χ3n) is 4.63. The summed E-state index contributed by atoms with van der Waals surface area (Å²) in [7, 11) is 1.66. The van der Waals surface area contributed by atoms with Gasteiger partial charge in [0.1, 0.15) is 0 Å². The summed E-state index contributed by atoms with van der Waals surface area (Å²) in [6.07, 6.45) is 10.5. The average molecular weight is 375 g/mol. The minimum atomic E-state index is -0.204. The van der Waals surface area contributed by atoms with Gasteiger partial charge in [0.15, 0.2) is 0 Å². The SMILES string of the molecule is C#Cc1cnc(N[C@@H]2CCN(C(=O)c3ccc(N(C)C(=O)C=C)cc3)C2)nc1. The summed E-state index contributed by atoms with van der Waals surface area (Å²) in [6.45, 7) is 4.69. The van der Waals surface area contributed by atoms with Crippen molar-refractivity contribution in [3.05, 3.63) is 60.4 Å². The molecule has 3 rings (SSSR count). The zero-order valence-electron chi connectivity index (χ0n) is 15.6. The summed E-state index contributed by atoms with van der Waals surface area (Å²) in [4.78, 5) is 36.0. The van der Waals surface area contributed by atoms with Gasteiger partial charge >= 0.3 is 0 Å². The van der Waals surface area contributed by atoms with Crippen molar-refractivity contribution in [2.24, 2.45) is 0 Å². The molecule has 0 unspecified atom stereocenters. The Balaban J connectivity index is 1.60. The Kier molecular flexibility index (Phi) is 5.70. The number of nitrogens with zero attached hydrogens (tertiary/aromatic N) is 4. The molecular formula is C21H21N5O2. The van der Waals surface area contributed by atoms with Crippen molar-refractivity contribution in [3.63, 3.8) is 0 Å². The number of carbonyl (C=O) groups excluding carboxylic acids is 2. The fourth-order valence-corrected chi connectivity index (χ4v) is 3.00. The van der Waals surface area contributed by atoms with Crippen molar-refractivity contribution in [3.8, 4) is 12.3 Å². The van der Waals surface area contributed by atoms with Crippen LogP contribution >= 0.6 is 0 Å². The molecule has 1 atom stereocenters. The number of aromatic nitrogens is 2. The van der Waals surface area contributed by atoms with E-state index in [4.69, 9.17) is 6.42 Å². The van der Waals surface area contributed by atoms with Gasteiger partial charge in [0.2, 0.25) is 11.9 Å². The van der Waals surface area contributed by atoms with Crippen LogP contribution in [-0.2, 0) is 4.79 Å². The van der Waals surface area contributed by atoms with Gasteiger partial charge in [-0.2, -0.15) is 0 Å². The largest absolute Gasteiger partial charge is 0.350 e. The summed E-state index contributed by atoms with van der Waals surface area (Å²) in [5, 5.41) is 3.23. The fourth-order valence-electron chi connectivity index (χ4n) is 3.00. The molecule has 2 aromatic rings. The summed E-state index contributed by atoms with van der Waals surface area (Å²) in [6, 6.07) is 7.04. The molecule has 0 bridgehead atoms. The molecule has 1 aromatic carbocycles. The van der Waals surface area contributed by atoms with Crippen LogP contribution in [0.4, 0.5) is 11.6 Å². The van der Waals surface area contributed by atoms with E-state index < -0.39 is 0 Å². The fraction of sp³-hybridized carbons (Fsp3) is 0.238. The molecule has 1 saturated heterocycles. The maximum Gasteiger partial charge on any atom is 0.253 e. The van der Waals surface area contributed by atoms with Crippen LogP contribution in [-0.4, -0.2) is 52.9 Å². The van der Waals surface area contributed by atoms with Gasteiger partial charge in [0.05, 0.1) is 5.56 Å². The van der Waals surface area contributed by atoms with E-state index in [2.05, 4.69) is 27.8 Å². The van der Waals surface area contributed by atoms with Crippen LogP contribution in [0.1, 0.15) is 22.3 Å². The molecular weight excluding hydrogens is 354 g/mol. The van der Waals surface area contributed by atoms with Gasteiger partial charge in [-0.05, 0) is 36.8 Å². The molecule has 7 nitrogen and oxygen atoms in total. The number of hydrogen-bond donors (Lipinski definition) is 1. The number of carbonyl (C=O) groups is 2. The maximum atomic E-state index is 12.7. The second-order valence-electron chi connectivity index (χ2n) is 6.47. The normalized spacial score (nSPS) is 15.6. The van der Waals surface area contributed by atoms with Gasteiger partial charge < -0.3 is 15.1 Å². The molecule has 1 fully saturated rings. The Morgan fingerprint density at radius 1 is 1.32 bits per heavy atom. The van der Waals surface area contributed by atoms with Crippen LogP contribution in [0.5, 0.6) is 0 Å². The molecule has 2 amide bonds. The first-order chi connectivity index (χ1) is 13.5.